The summed E-state index contributed by atoms with van der Waals surface area (Å²) in [7, 11) is 0. The van der Waals surface area contributed by atoms with Crippen molar-refractivity contribution in [2.45, 2.75) is 52.6 Å². The van der Waals surface area contributed by atoms with Crippen molar-refractivity contribution in [3.8, 4) is 5.75 Å². The fourth-order valence-corrected chi connectivity index (χ4v) is 4.59. The van der Waals surface area contributed by atoms with E-state index in [1.54, 1.807) is 0 Å². The Hall–Kier alpha value is -1.25. The molecule has 1 aromatic carbocycles. The minimum absolute atomic E-state index is 0.00211. The molecule has 1 unspecified atom stereocenters. The normalized spacial score (nSPS) is 14.3. The van der Waals surface area contributed by atoms with Crippen molar-refractivity contribution in [3.05, 3.63) is 29.3 Å². The van der Waals surface area contributed by atoms with Crippen LogP contribution in [0.3, 0.4) is 0 Å². The number of benzene rings is 1. The zero-order valence-corrected chi connectivity index (χ0v) is 18.7. The second kappa shape index (κ2) is 10.9. The molecule has 5 nitrogen and oxygen atoms in total. The molecular formula is C20H29BIN2O3-. The molecule has 0 spiro atoms. The maximum atomic E-state index is 12.7. The molecule has 0 aromatic heterocycles. The zero-order chi connectivity index (χ0) is 19.8. The van der Waals surface area contributed by atoms with Gasteiger partial charge in [0, 0.05) is 0 Å². The molecule has 1 aliphatic rings. The van der Waals surface area contributed by atoms with Gasteiger partial charge in [0.15, 0.2) is 0 Å². The van der Waals surface area contributed by atoms with E-state index in [-0.39, 0.29) is 45.5 Å². The van der Waals surface area contributed by atoms with E-state index in [9.17, 15) is 9.59 Å². The van der Waals surface area contributed by atoms with Gasteiger partial charge in [0.2, 0.25) is 0 Å². The summed E-state index contributed by atoms with van der Waals surface area (Å²) in [5, 5.41) is 0. The molecule has 1 aromatic rings. The van der Waals surface area contributed by atoms with Crippen molar-refractivity contribution in [3.63, 3.8) is 0 Å². The summed E-state index contributed by atoms with van der Waals surface area (Å²) in [4.78, 5) is 28.9. The number of hydrogen-bond donors (Lipinski definition) is 0. The Morgan fingerprint density at radius 3 is 2.67 bits per heavy atom. The summed E-state index contributed by atoms with van der Waals surface area (Å²) >= 11 is -0.254. The van der Waals surface area contributed by atoms with Crippen LogP contribution in [-0.2, 0) is 11.3 Å². The average Bonchev–Trinajstić information content (AvgIpc) is 3.01. The number of hydrogen-bond acceptors (Lipinski definition) is 3. The number of halogens is 1. The molecule has 0 fully saturated rings. The van der Waals surface area contributed by atoms with Gasteiger partial charge in [-0.3, -0.25) is 0 Å². The van der Waals surface area contributed by atoms with Crippen molar-refractivity contribution >= 4 is 17.5 Å². The third kappa shape index (κ3) is 5.62. The van der Waals surface area contributed by atoms with Gasteiger partial charge in [0.25, 0.3) is 0 Å². The first kappa shape index (κ1) is 22.0. The quantitative estimate of drug-likeness (QED) is 0.245. The van der Waals surface area contributed by atoms with Gasteiger partial charge in [0.05, 0.1) is 0 Å². The summed E-state index contributed by atoms with van der Waals surface area (Å²) in [6.45, 7) is 8.24. The van der Waals surface area contributed by atoms with Gasteiger partial charge in [0.1, 0.15) is 0 Å². The minimum atomic E-state index is -0.254. The molecule has 148 valence electrons. The number of rotatable bonds is 11. The van der Waals surface area contributed by atoms with E-state index in [0.29, 0.717) is 17.9 Å². The van der Waals surface area contributed by atoms with Gasteiger partial charge in [-0.25, -0.2) is 0 Å². The molecule has 0 aliphatic carbocycles. The van der Waals surface area contributed by atoms with Crippen LogP contribution in [0.25, 0.3) is 0 Å². The number of amides is 2. The van der Waals surface area contributed by atoms with Crippen molar-refractivity contribution in [1.82, 2.24) is 9.80 Å². The molecule has 1 heterocycles. The van der Waals surface area contributed by atoms with Crippen LogP contribution in [0.2, 0.25) is 0 Å². The topological polar surface area (TPSA) is 49.9 Å². The van der Waals surface area contributed by atoms with Gasteiger partial charge in [-0.05, 0) is 12.8 Å². The molecule has 27 heavy (non-hydrogen) atoms. The predicted molar refractivity (Wildman–Crippen MR) is 104 cm³/mol. The van der Waals surface area contributed by atoms with Crippen molar-refractivity contribution < 1.29 is 35.3 Å². The summed E-state index contributed by atoms with van der Waals surface area (Å²) in [5.74, 6) is 0.684. The Morgan fingerprint density at radius 1 is 1.33 bits per heavy atom. The van der Waals surface area contributed by atoms with E-state index in [1.165, 1.54) is 0 Å². The van der Waals surface area contributed by atoms with E-state index >= 15 is 0 Å². The van der Waals surface area contributed by atoms with Crippen LogP contribution >= 0.6 is 0 Å². The number of carbonyl (C=O) groups is 2. The Morgan fingerprint density at radius 2 is 2.04 bits per heavy atom. The SMILES string of the molecule is [B][I-]CCC(C)N1Cc2c(OCC(=O)N(CCC)CCC)cccc2C1=O. The molecule has 7 heteroatoms. The Kier molecular flexibility index (Phi) is 8.92. The van der Waals surface area contributed by atoms with E-state index in [1.807, 2.05) is 28.0 Å². The van der Waals surface area contributed by atoms with Crippen molar-refractivity contribution in [2.24, 2.45) is 0 Å². The second-order valence-corrected chi connectivity index (χ2v) is 8.83. The monoisotopic (exact) mass is 483 g/mol. The van der Waals surface area contributed by atoms with Gasteiger partial charge < -0.3 is 0 Å². The van der Waals surface area contributed by atoms with E-state index in [2.05, 4.69) is 20.8 Å². The van der Waals surface area contributed by atoms with Crippen LogP contribution in [0.4, 0.5) is 0 Å². The molecule has 0 N–H and O–H groups in total. The standard InChI is InChI=1S/C20H29BIN2O3/c1-4-11-23(12-5-2)19(25)14-27-18-8-6-7-16-17(18)13-24(20(16)26)15(3)9-10-22-21/h6-8,15H,4-5,9-14H2,1-3H3/q-1. The molecule has 1 atom stereocenters. The Labute approximate surface area is 174 Å². The molecule has 2 amide bonds. The molecule has 1 aliphatic heterocycles. The number of nitrogens with zero attached hydrogens (tertiary/aromatic N) is 2. The summed E-state index contributed by atoms with van der Waals surface area (Å²) in [6, 6.07) is 5.68. The fourth-order valence-electron chi connectivity index (χ4n) is 3.33. The molecule has 0 bridgehead atoms. The first-order valence-corrected chi connectivity index (χ1v) is 12.4. The third-order valence-electron chi connectivity index (χ3n) is 4.81. The Bertz CT molecular complexity index is 650. The van der Waals surface area contributed by atoms with Crippen LogP contribution < -0.4 is 25.7 Å². The van der Waals surface area contributed by atoms with Crippen LogP contribution in [0, 0.1) is 0 Å². The maximum absolute atomic E-state index is 12.7. The predicted octanol–water partition coefficient (Wildman–Crippen LogP) is -0.379. The summed E-state index contributed by atoms with van der Waals surface area (Å²) in [5.41, 5.74) is 7.28. The number of ether oxygens (including phenoxy) is 1. The number of carbonyl (C=O) groups excluding carboxylic acids is 2. The van der Waals surface area contributed by atoms with Crippen molar-refractivity contribution in [1.29, 1.82) is 0 Å². The van der Waals surface area contributed by atoms with Crippen molar-refractivity contribution in [2.75, 3.05) is 24.1 Å². The molecule has 0 saturated carbocycles. The number of alkyl halides is 1. The number of fused-ring (bicyclic) bond motifs is 1. The van der Waals surface area contributed by atoms with E-state index in [0.717, 1.165) is 42.3 Å². The van der Waals surface area contributed by atoms with Crippen LogP contribution in [-0.4, -0.2) is 57.5 Å². The third-order valence-corrected chi connectivity index (χ3v) is 6.06. The molecule has 0 saturated heterocycles. The Balaban J connectivity index is 2.06. The first-order valence-electron chi connectivity index (χ1n) is 9.64. The van der Waals surface area contributed by atoms with E-state index in [4.69, 9.17) is 10.4 Å². The zero-order valence-electron chi connectivity index (χ0n) is 16.5. The molecule has 2 radical (unpaired) electrons. The summed E-state index contributed by atoms with van der Waals surface area (Å²) in [6.07, 6.45) is 2.79. The van der Waals surface area contributed by atoms with Gasteiger partial charge in [-0.15, -0.1) is 0 Å². The van der Waals surface area contributed by atoms with Gasteiger partial charge in [-0.1, -0.05) is 13.8 Å². The average molecular weight is 483 g/mol. The van der Waals surface area contributed by atoms with Crippen LogP contribution in [0.1, 0.15) is 56.0 Å². The van der Waals surface area contributed by atoms with E-state index < -0.39 is 0 Å². The second-order valence-electron chi connectivity index (χ2n) is 6.87. The van der Waals surface area contributed by atoms with Gasteiger partial charge >= 0.3 is 148 Å². The van der Waals surface area contributed by atoms with Crippen LogP contribution in [0.5, 0.6) is 5.75 Å². The molecular weight excluding hydrogens is 454 g/mol. The van der Waals surface area contributed by atoms with Gasteiger partial charge in [-0.2, -0.15) is 0 Å². The fraction of sp³-hybridized carbons (Fsp3) is 0.600. The first-order chi connectivity index (χ1) is 13.0. The van der Waals surface area contributed by atoms with Crippen LogP contribution in [0.15, 0.2) is 18.2 Å². The molecule has 2 rings (SSSR count). The summed E-state index contributed by atoms with van der Waals surface area (Å²) < 4.78 is 6.86.